The molecular weight excluding hydrogens is 194 g/mol. The molecule has 4 heteroatoms. The number of carbonyl (C=O) groups is 1. The zero-order valence-electron chi connectivity index (χ0n) is 8.90. The molecule has 0 fully saturated rings. The summed E-state index contributed by atoms with van der Waals surface area (Å²) in [7, 11) is 1.55. The van der Waals surface area contributed by atoms with Gasteiger partial charge in [-0.15, -0.1) is 0 Å². The van der Waals surface area contributed by atoms with Gasteiger partial charge in [0.1, 0.15) is 0 Å². The molecule has 0 aliphatic rings. The molecule has 0 spiro atoms. The van der Waals surface area contributed by atoms with Crippen LogP contribution in [0.15, 0.2) is 24.3 Å². The highest BCUT2D eigenvalue weighted by molar-refractivity contribution is 5.79. The summed E-state index contributed by atoms with van der Waals surface area (Å²) in [5.74, 6) is 0.659. The highest BCUT2D eigenvalue weighted by Gasteiger charge is 2.16. The molecule has 15 heavy (non-hydrogen) atoms. The van der Waals surface area contributed by atoms with Crippen LogP contribution in [0.5, 0.6) is 11.5 Å². The van der Waals surface area contributed by atoms with Crippen LogP contribution >= 0.6 is 0 Å². The predicted molar refractivity (Wildman–Crippen MR) is 56.9 cm³/mol. The first-order valence-electron chi connectivity index (χ1n) is 4.78. The summed E-state index contributed by atoms with van der Waals surface area (Å²) in [5, 5.41) is 0. The Kier molecular flexibility index (Phi) is 3.97. The van der Waals surface area contributed by atoms with Gasteiger partial charge >= 0.3 is 0 Å². The Bertz CT molecular complexity index is 338. The average Bonchev–Trinajstić information content (AvgIpc) is 2.25. The second-order valence-corrected chi connectivity index (χ2v) is 3.07. The van der Waals surface area contributed by atoms with E-state index in [1.54, 1.807) is 19.2 Å². The van der Waals surface area contributed by atoms with Gasteiger partial charge in [0.15, 0.2) is 17.6 Å². The van der Waals surface area contributed by atoms with E-state index in [1.807, 2.05) is 19.1 Å². The molecule has 2 N–H and O–H groups in total. The van der Waals surface area contributed by atoms with E-state index in [-0.39, 0.29) is 0 Å². The third-order valence-corrected chi connectivity index (χ3v) is 2.03. The Morgan fingerprint density at radius 1 is 1.40 bits per heavy atom. The smallest absolute Gasteiger partial charge is 0.258 e. The summed E-state index contributed by atoms with van der Waals surface area (Å²) >= 11 is 0. The minimum Gasteiger partial charge on any atom is -0.493 e. The molecule has 0 saturated carbocycles. The highest BCUT2D eigenvalue weighted by Crippen LogP contribution is 2.27. The van der Waals surface area contributed by atoms with Gasteiger partial charge in [-0.25, -0.2) is 0 Å². The van der Waals surface area contributed by atoms with Crippen molar-refractivity contribution in [3.05, 3.63) is 24.3 Å². The van der Waals surface area contributed by atoms with Crippen LogP contribution < -0.4 is 15.2 Å². The summed E-state index contributed by atoms with van der Waals surface area (Å²) in [6, 6.07) is 7.15. The lowest BCUT2D eigenvalue weighted by atomic mass is 10.2. The van der Waals surface area contributed by atoms with Crippen LogP contribution in [-0.2, 0) is 4.79 Å². The standard InChI is InChI=1S/C11H15NO3/c1-3-8(11(12)13)15-10-7-5-4-6-9(10)14-2/h4-8H,3H2,1-2H3,(H2,12,13)/t8-/m1/s1. The predicted octanol–water partition coefficient (Wildman–Crippen LogP) is 1.34. The number of hydrogen-bond donors (Lipinski definition) is 1. The van der Waals surface area contributed by atoms with Gasteiger partial charge in [0.05, 0.1) is 7.11 Å². The van der Waals surface area contributed by atoms with Crippen molar-refractivity contribution in [2.45, 2.75) is 19.4 Å². The fourth-order valence-electron chi connectivity index (χ4n) is 1.21. The highest BCUT2D eigenvalue weighted by atomic mass is 16.5. The van der Waals surface area contributed by atoms with Gasteiger partial charge in [0.2, 0.25) is 0 Å². The van der Waals surface area contributed by atoms with Crippen LogP contribution in [0.4, 0.5) is 0 Å². The van der Waals surface area contributed by atoms with E-state index in [2.05, 4.69) is 0 Å². The third-order valence-electron chi connectivity index (χ3n) is 2.03. The largest absolute Gasteiger partial charge is 0.493 e. The Morgan fingerprint density at radius 3 is 2.47 bits per heavy atom. The normalized spacial score (nSPS) is 11.9. The molecule has 0 radical (unpaired) electrons. The summed E-state index contributed by atoms with van der Waals surface area (Å²) < 4.78 is 10.5. The first-order valence-corrected chi connectivity index (χ1v) is 4.78. The minimum atomic E-state index is -0.610. The number of hydrogen-bond acceptors (Lipinski definition) is 3. The first kappa shape index (κ1) is 11.4. The lowest BCUT2D eigenvalue weighted by Crippen LogP contribution is -2.33. The van der Waals surface area contributed by atoms with E-state index >= 15 is 0 Å². The van der Waals surface area contributed by atoms with Gasteiger partial charge in [-0.05, 0) is 18.6 Å². The molecule has 0 heterocycles. The molecule has 1 amide bonds. The number of benzene rings is 1. The van der Waals surface area contributed by atoms with E-state index in [0.717, 1.165) is 0 Å². The number of amides is 1. The number of nitrogens with two attached hydrogens (primary N) is 1. The monoisotopic (exact) mass is 209 g/mol. The molecule has 1 atom stereocenters. The van der Waals surface area contributed by atoms with E-state index in [1.165, 1.54) is 0 Å². The second kappa shape index (κ2) is 5.24. The van der Waals surface area contributed by atoms with Gasteiger partial charge in [0.25, 0.3) is 5.91 Å². The topological polar surface area (TPSA) is 61.6 Å². The zero-order chi connectivity index (χ0) is 11.3. The fraction of sp³-hybridized carbons (Fsp3) is 0.364. The first-order chi connectivity index (χ1) is 7.19. The molecule has 0 unspecified atom stereocenters. The molecule has 1 aromatic rings. The van der Waals surface area contributed by atoms with Crippen molar-refractivity contribution in [1.29, 1.82) is 0 Å². The number of primary amides is 1. The SMILES string of the molecule is CC[C@@H](Oc1ccccc1OC)C(N)=O. The van der Waals surface area contributed by atoms with Crippen LogP contribution in [0, 0.1) is 0 Å². The summed E-state index contributed by atoms with van der Waals surface area (Å²) in [4.78, 5) is 11.0. The van der Waals surface area contributed by atoms with Gasteiger partial charge in [-0.1, -0.05) is 19.1 Å². The average molecular weight is 209 g/mol. The maximum atomic E-state index is 11.0. The lowest BCUT2D eigenvalue weighted by molar-refractivity contribution is -0.124. The molecule has 1 rings (SSSR count). The van der Waals surface area contributed by atoms with Crippen molar-refractivity contribution >= 4 is 5.91 Å². The second-order valence-electron chi connectivity index (χ2n) is 3.07. The van der Waals surface area contributed by atoms with Gasteiger partial charge < -0.3 is 15.2 Å². The van der Waals surface area contributed by atoms with E-state index in [0.29, 0.717) is 17.9 Å². The van der Waals surface area contributed by atoms with Gasteiger partial charge in [0, 0.05) is 0 Å². The molecule has 0 bridgehead atoms. The lowest BCUT2D eigenvalue weighted by Gasteiger charge is -2.15. The Hall–Kier alpha value is -1.71. The maximum Gasteiger partial charge on any atom is 0.258 e. The zero-order valence-corrected chi connectivity index (χ0v) is 8.90. The van der Waals surface area contributed by atoms with Gasteiger partial charge in [-0.2, -0.15) is 0 Å². The molecule has 0 aliphatic carbocycles. The number of rotatable bonds is 5. The fourth-order valence-corrected chi connectivity index (χ4v) is 1.21. The Morgan fingerprint density at radius 2 is 2.00 bits per heavy atom. The number of carbonyl (C=O) groups excluding carboxylic acids is 1. The minimum absolute atomic E-state index is 0.469. The molecule has 0 saturated heterocycles. The number of ether oxygens (including phenoxy) is 2. The van der Waals surface area contributed by atoms with Gasteiger partial charge in [-0.3, -0.25) is 4.79 Å². The van der Waals surface area contributed by atoms with Crippen molar-refractivity contribution in [2.24, 2.45) is 5.73 Å². The van der Waals surface area contributed by atoms with E-state index in [9.17, 15) is 4.79 Å². The maximum absolute atomic E-state index is 11.0. The van der Waals surface area contributed by atoms with Crippen molar-refractivity contribution < 1.29 is 14.3 Å². The van der Waals surface area contributed by atoms with Crippen LogP contribution in [0.3, 0.4) is 0 Å². The number of methoxy groups -OCH3 is 1. The molecule has 1 aromatic carbocycles. The van der Waals surface area contributed by atoms with Crippen LogP contribution in [0.2, 0.25) is 0 Å². The summed E-state index contributed by atoms with van der Waals surface area (Å²) in [5.41, 5.74) is 5.18. The van der Waals surface area contributed by atoms with Crippen LogP contribution in [0.25, 0.3) is 0 Å². The van der Waals surface area contributed by atoms with Crippen molar-refractivity contribution in [3.63, 3.8) is 0 Å². The van der Waals surface area contributed by atoms with Crippen molar-refractivity contribution in [1.82, 2.24) is 0 Å². The summed E-state index contributed by atoms with van der Waals surface area (Å²) in [6.07, 6.45) is -0.0748. The molecule has 0 aromatic heterocycles. The molecule has 82 valence electrons. The quantitative estimate of drug-likeness (QED) is 0.796. The van der Waals surface area contributed by atoms with Crippen LogP contribution in [-0.4, -0.2) is 19.1 Å². The van der Waals surface area contributed by atoms with E-state index in [4.69, 9.17) is 15.2 Å². The third kappa shape index (κ3) is 2.87. The van der Waals surface area contributed by atoms with Crippen molar-refractivity contribution in [3.8, 4) is 11.5 Å². The van der Waals surface area contributed by atoms with Crippen LogP contribution in [0.1, 0.15) is 13.3 Å². The molecular formula is C11H15NO3. The molecule has 4 nitrogen and oxygen atoms in total. The Labute approximate surface area is 89.0 Å². The van der Waals surface area contributed by atoms with E-state index < -0.39 is 12.0 Å². The van der Waals surface area contributed by atoms with Crippen molar-refractivity contribution in [2.75, 3.05) is 7.11 Å². The summed E-state index contributed by atoms with van der Waals surface area (Å²) in [6.45, 7) is 1.84. The molecule has 0 aliphatic heterocycles. The number of para-hydroxylation sites is 2. The Balaban J connectivity index is 2.82.